The van der Waals surface area contributed by atoms with Crippen molar-refractivity contribution in [1.82, 2.24) is 0 Å². The van der Waals surface area contributed by atoms with Crippen molar-refractivity contribution in [3.63, 3.8) is 0 Å². The van der Waals surface area contributed by atoms with Gasteiger partial charge in [0, 0.05) is 0 Å². The number of allylic oxidation sites excluding steroid dienone is 4. The molecule has 0 rings (SSSR count). The van der Waals surface area contributed by atoms with E-state index in [1.54, 1.807) is 0 Å². The molecule has 0 amide bonds. The first-order chi connectivity index (χ1) is 5.66. The van der Waals surface area contributed by atoms with Crippen LogP contribution in [0, 0.1) is 11.8 Å². The highest BCUT2D eigenvalue weighted by Crippen LogP contribution is 2.09. The molecule has 1 unspecified atom stereocenters. The lowest BCUT2D eigenvalue weighted by Crippen LogP contribution is -1.89. The van der Waals surface area contributed by atoms with Crippen LogP contribution < -0.4 is 0 Å². The molecular formula is C12H22. The van der Waals surface area contributed by atoms with Crippen molar-refractivity contribution in [1.29, 1.82) is 0 Å². The quantitative estimate of drug-likeness (QED) is 0.537. The lowest BCUT2D eigenvalue weighted by Gasteiger charge is -2.04. The van der Waals surface area contributed by atoms with E-state index in [1.807, 2.05) is 0 Å². The minimum Gasteiger partial charge on any atom is -0.0917 e. The second kappa shape index (κ2) is 7.15. The summed E-state index contributed by atoms with van der Waals surface area (Å²) in [6.07, 6.45) is 11.4. The van der Waals surface area contributed by atoms with Crippen molar-refractivity contribution in [2.75, 3.05) is 0 Å². The molecule has 0 radical (unpaired) electrons. The van der Waals surface area contributed by atoms with E-state index in [2.05, 4.69) is 52.0 Å². The lowest BCUT2D eigenvalue weighted by molar-refractivity contribution is 0.600. The fourth-order valence-corrected chi connectivity index (χ4v) is 1.05. The fourth-order valence-electron chi connectivity index (χ4n) is 1.05. The van der Waals surface area contributed by atoms with Crippen molar-refractivity contribution in [2.45, 2.75) is 40.5 Å². The van der Waals surface area contributed by atoms with Crippen LogP contribution in [0.3, 0.4) is 0 Å². The molecule has 0 bridgehead atoms. The Labute approximate surface area is 77.4 Å². The average Bonchev–Trinajstić information content (AvgIpc) is 2.00. The summed E-state index contributed by atoms with van der Waals surface area (Å²) in [5, 5.41) is 0. The minimum atomic E-state index is 0.693. The van der Waals surface area contributed by atoms with E-state index in [-0.39, 0.29) is 0 Å². The molecule has 0 aliphatic rings. The van der Waals surface area contributed by atoms with Gasteiger partial charge in [-0.25, -0.2) is 0 Å². The molecule has 0 aliphatic heterocycles. The van der Waals surface area contributed by atoms with Crippen LogP contribution in [0.1, 0.15) is 40.5 Å². The van der Waals surface area contributed by atoms with Crippen molar-refractivity contribution in [3.05, 3.63) is 24.3 Å². The fraction of sp³-hybridized carbons (Fsp3) is 0.667. The Hall–Kier alpha value is -0.520. The van der Waals surface area contributed by atoms with Crippen LogP contribution in [0.25, 0.3) is 0 Å². The van der Waals surface area contributed by atoms with Gasteiger partial charge >= 0.3 is 0 Å². The van der Waals surface area contributed by atoms with Gasteiger partial charge in [0.05, 0.1) is 0 Å². The summed E-state index contributed by atoms with van der Waals surface area (Å²) in [4.78, 5) is 0. The second-order valence-corrected chi connectivity index (χ2v) is 3.82. The average molecular weight is 166 g/mol. The van der Waals surface area contributed by atoms with Gasteiger partial charge < -0.3 is 0 Å². The Bertz CT molecular complexity index is 140. The van der Waals surface area contributed by atoms with Gasteiger partial charge in [-0.3, -0.25) is 0 Å². The summed E-state index contributed by atoms with van der Waals surface area (Å²) in [5.74, 6) is 1.48. The predicted octanol–water partition coefficient (Wildman–Crippen LogP) is 4.19. The molecule has 1 atom stereocenters. The molecule has 0 saturated carbocycles. The highest BCUT2D eigenvalue weighted by molar-refractivity contribution is 4.88. The number of hydrogen-bond donors (Lipinski definition) is 0. The van der Waals surface area contributed by atoms with E-state index in [0.29, 0.717) is 5.92 Å². The third kappa shape index (κ3) is 7.59. The van der Waals surface area contributed by atoms with Gasteiger partial charge in [-0.1, -0.05) is 45.1 Å². The Morgan fingerprint density at radius 3 is 2.08 bits per heavy atom. The molecule has 12 heavy (non-hydrogen) atoms. The largest absolute Gasteiger partial charge is 0.0917 e. The molecule has 0 aliphatic carbocycles. The first-order valence-corrected chi connectivity index (χ1v) is 4.94. The summed E-state index contributed by atoms with van der Waals surface area (Å²) in [5.41, 5.74) is 0. The van der Waals surface area contributed by atoms with Gasteiger partial charge in [0.2, 0.25) is 0 Å². The lowest BCUT2D eigenvalue weighted by atomic mass is 10.0. The summed E-state index contributed by atoms with van der Waals surface area (Å²) in [6.45, 7) is 8.81. The summed E-state index contributed by atoms with van der Waals surface area (Å²) < 4.78 is 0. The van der Waals surface area contributed by atoms with Crippen LogP contribution in [0.4, 0.5) is 0 Å². The normalized spacial score (nSPS) is 15.1. The Kier molecular flexibility index (Phi) is 6.84. The Morgan fingerprint density at radius 2 is 1.58 bits per heavy atom. The van der Waals surface area contributed by atoms with Crippen LogP contribution in [-0.2, 0) is 0 Å². The highest BCUT2D eigenvalue weighted by atomic mass is 14.0. The van der Waals surface area contributed by atoms with Crippen LogP contribution in [0.5, 0.6) is 0 Å². The van der Waals surface area contributed by atoms with Crippen molar-refractivity contribution in [2.24, 2.45) is 11.8 Å². The molecule has 0 saturated heterocycles. The van der Waals surface area contributed by atoms with E-state index >= 15 is 0 Å². The van der Waals surface area contributed by atoms with Gasteiger partial charge in [0.1, 0.15) is 0 Å². The van der Waals surface area contributed by atoms with Crippen LogP contribution in [0.15, 0.2) is 24.3 Å². The molecule has 0 aromatic carbocycles. The smallest absolute Gasteiger partial charge is 0.0290 e. The van der Waals surface area contributed by atoms with Gasteiger partial charge in [0.25, 0.3) is 0 Å². The molecule has 0 heteroatoms. The Morgan fingerprint density at radius 1 is 1.00 bits per heavy atom. The summed E-state index contributed by atoms with van der Waals surface area (Å²) in [7, 11) is 0. The summed E-state index contributed by atoms with van der Waals surface area (Å²) in [6, 6.07) is 0. The van der Waals surface area contributed by atoms with Gasteiger partial charge in [0.15, 0.2) is 0 Å². The molecule has 0 nitrogen and oxygen atoms in total. The highest BCUT2D eigenvalue weighted by Gasteiger charge is 1.95. The van der Waals surface area contributed by atoms with E-state index < -0.39 is 0 Å². The molecule has 0 aromatic rings. The zero-order chi connectivity index (χ0) is 9.40. The maximum atomic E-state index is 2.30. The van der Waals surface area contributed by atoms with Crippen molar-refractivity contribution >= 4 is 0 Å². The topological polar surface area (TPSA) is 0 Å². The van der Waals surface area contributed by atoms with Crippen molar-refractivity contribution in [3.8, 4) is 0 Å². The van der Waals surface area contributed by atoms with E-state index in [1.165, 1.54) is 12.8 Å². The first kappa shape index (κ1) is 11.5. The zero-order valence-electron chi connectivity index (χ0n) is 8.88. The first-order valence-electron chi connectivity index (χ1n) is 4.94. The van der Waals surface area contributed by atoms with Crippen molar-refractivity contribution < 1.29 is 0 Å². The van der Waals surface area contributed by atoms with E-state index in [0.717, 1.165) is 5.92 Å². The molecule has 0 spiro atoms. The van der Waals surface area contributed by atoms with Gasteiger partial charge in [-0.2, -0.15) is 0 Å². The van der Waals surface area contributed by atoms with Crippen LogP contribution in [-0.4, -0.2) is 0 Å². The third-order valence-electron chi connectivity index (χ3n) is 1.83. The van der Waals surface area contributed by atoms with E-state index in [4.69, 9.17) is 0 Å². The zero-order valence-corrected chi connectivity index (χ0v) is 8.88. The molecule has 0 N–H and O–H groups in total. The second-order valence-electron chi connectivity index (χ2n) is 3.82. The van der Waals surface area contributed by atoms with Gasteiger partial charge in [-0.15, -0.1) is 0 Å². The summed E-state index contributed by atoms with van der Waals surface area (Å²) >= 11 is 0. The monoisotopic (exact) mass is 166 g/mol. The maximum Gasteiger partial charge on any atom is -0.0290 e. The SMILES string of the molecule is CC=CCC(C)CC=CC(C)C. The Balaban J connectivity index is 3.49. The molecular weight excluding hydrogens is 144 g/mol. The molecule has 0 aromatic heterocycles. The minimum absolute atomic E-state index is 0.693. The number of rotatable bonds is 5. The number of hydrogen-bond acceptors (Lipinski definition) is 0. The third-order valence-corrected chi connectivity index (χ3v) is 1.83. The van der Waals surface area contributed by atoms with Crippen LogP contribution >= 0.6 is 0 Å². The maximum absolute atomic E-state index is 2.30. The van der Waals surface area contributed by atoms with Crippen LogP contribution in [0.2, 0.25) is 0 Å². The molecule has 0 heterocycles. The standard InChI is InChI=1S/C12H22/c1-5-6-9-12(4)10-7-8-11(2)3/h5-8,11-12H,9-10H2,1-4H3. The predicted molar refractivity (Wildman–Crippen MR) is 57.2 cm³/mol. The van der Waals surface area contributed by atoms with Gasteiger partial charge in [-0.05, 0) is 31.6 Å². The molecule has 0 fully saturated rings. The molecule has 70 valence electrons. The van der Waals surface area contributed by atoms with E-state index in [9.17, 15) is 0 Å².